The highest BCUT2D eigenvalue weighted by Gasteiger charge is 2.15. The number of amides is 1. The first-order chi connectivity index (χ1) is 9.56. The third-order valence-electron chi connectivity index (χ3n) is 3.90. The molecule has 2 rings (SSSR count). The molecule has 1 saturated heterocycles. The van der Waals surface area contributed by atoms with Gasteiger partial charge in [0, 0.05) is 23.8 Å². The van der Waals surface area contributed by atoms with E-state index in [2.05, 4.69) is 17.1 Å². The van der Waals surface area contributed by atoms with Gasteiger partial charge in [0.2, 0.25) is 0 Å². The number of likely N-dealkylation sites (tertiary alicyclic amines) is 1. The molecule has 1 unspecified atom stereocenters. The SMILES string of the molecule is Cc1ccc(C(=O)NC(C)CN2CCCCC2)cc1N. The molecule has 110 valence electrons. The van der Waals surface area contributed by atoms with Crippen molar-refractivity contribution in [1.29, 1.82) is 0 Å². The molecule has 3 N–H and O–H groups in total. The Labute approximate surface area is 121 Å². The molecular weight excluding hydrogens is 250 g/mol. The van der Waals surface area contributed by atoms with Crippen LogP contribution in [0.4, 0.5) is 5.69 Å². The van der Waals surface area contributed by atoms with E-state index in [4.69, 9.17) is 5.73 Å². The molecule has 1 aromatic rings. The molecule has 0 radical (unpaired) electrons. The first-order valence-electron chi connectivity index (χ1n) is 7.45. The maximum absolute atomic E-state index is 12.2. The number of aryl methyl sites for hydroxylation is 1. The minimum atomic E-state index is -0.0405. The summed E-state index contributed by atoms with van der Waals surface area (Å²) < 4.78 is 0. The van der Waals surface area contributed by atoms with E-state index in [0.29, 0.717) is 11.3 Å². The zero-order valence-corrected chi connectivity index (χ0v) is 12.5. The Balaban J connectivity index is 1.87. The number of hydrogen-bond acceptors (Lipinski definition) is 3. The lowest BCUT2D eigenvalue weighted by atomic mass is 10.1. The van der Waals surface area contributed by atoms with Crippen molar-refractivity contribution in [2.24, 2.45) is 0 Å². The number of nitrogens with one attached hydrogen (secondary N) is 1. The van der Waals surface area contributed by atoms with Gasteiger partial charge in [-0.1, -0.05) is 12.5 Å². The molecule has 0 aliphatic carbocycles. The second kappa shape index (κ2) is 6.75. The molecule has 4 nitrogen and oxygen atoms in total. The summed E-state index contributed by atoms with van der Waals surface area (Å²) in [6, 6.07) is 5.62. The molecule has 1 aliphatic heterocycles. The van der Waals surface area contributed by atoms with Gasteiger partial charge in [0.15, 0.2) is 0 Å². The maximum Gasteiger partial charge on any atom is 0.251 e. The van der Waals surface area contributed by atoms with Crippen molar-refractivity contribution in [3.8, 4) is 0 Å². The lowest BCUT2D eigenvalue weighted by Gasteiger charge is -2.29. The van der Waals surface area contributed by atoms with Crippen molar-refractivity contribution >= 4 is 11.6 Å². The van der Waals surface area contributed by atoms with Gasteiger partial charge in [0.1, 0.15) is 0 Å². The first-order valence-corrected chi connectivity index (χ1v) is 7.45. The molecule has 1 fully saturated rings. The van der Waals surface area contributed by atoms with Crippen LogP contribution in [0.15, 0.2) is 18.2 Å². The van der Waals surface area contributed by atoms with Crippen molar-refractivity contribution in [2.45, 2.75) is 39.2 Å². The quantitative estimate of drug-likeness (QED) is 0.828. The normalized spacial score (nSPS) is 17.7. The number of rotatable bonds is 4. The summed E-state index contributed by atoms with van der Waals surface area (Å²) in [5.74, 6) is -0.0405. The highest BCUT2D eigenvalue weighted by atomic mass is 16.1. The van der Waals surface area contributed by atoms with Gasteiger partial charge in [0.05, 0.1) is 0 Å². The van der Waals surface area contributed by atoms with Gasteiger partial charge in [-0.2, -0.15) is 0 Å². The highest BCUT2D eigenvalue weighted by molar-refractivity contribution is 5.95. The van der Waals surface area contributed by atoms with Crippen LogP contribution in [0, 0.1) is 6.92 Å². The number of nitrogens with two attached hydrogens (primary N) is 1. The van der Waals surface area contributed by atoms with Crippen LogP contribution in [0.1, 0.15) is 42.1 Å². The van der Waals surface area contributed by atoms with Crippen LogP contribution >= 0.6 is 0 Å². The Bertz CT molecular complexity index is 467. The summed E-state index contributed by atoms with van der Waals surface area (Å²) in [6.07, 6.45) is 3.88. The van der Waals surface area contributed by atoms with Crippen molar-refractivity contribution in [2.75, 3.05) is 25.4 Å². The molecule has 0 aromatic heterocycles. The predicted octanol–water partition coefficient (Wildman–Crippen LogP) is 2.18. The largest absolute Gasteiger partial charge is 0.398 e. The molecule has 0 bridgehead atoms. The maximum atomic E-state index is 12.2. The van der Waals surface area contributed by atoms with Crippen LogP contribution in [-0.4, -0.2) is 36.5 Å². The number of carbonyl (C=O) groups excluding carboxylic acids is 1. The van der Waals surface area contributed by atoms with E-state index in [9.17, 15) is 4.79 Å². The van der Waals surface area contributed by atoms with Crippen LogP contribution in [0.2, 0.25) is 0 Å². The number of anilines is 1. The van der Waals surface area contributed by atoms with E-state index in [1.54, 1.807) is 6.07 Å². The van der Waals surface area contributed by atoms with E-state index in [1.807, 2.05) is 19.1 Å². The Morgan fingerprint density at radius 1 is 1.35 bits per heavy atom. The van der Waals surface area contributed by atoms with E-state index < -0.39 is 0 Å². The molecule has 4 heteroatoms. The van der Waals surface area contributed by atoms with Crippen LogP contribution in [-0.2, 0) is 0 Å². The number of piperidine rings is 1. The smallest absolute Gasteiger partial charge is 0.251 e. The molecule has 20 heavy (non-hydrogen) atoms. The highest BCUT2D eigenvalue weighted by Crippen LogP contribution is 2.13. The Kier molecular flexibility index (Phi) is 5.01. The molecule has 1 aromatic carbocycles. The average molecular weight is 275 g/mol. The fraction of sp³-hybridized carbons (Fsp3) is 0.562. The van der Waals surface area contributed by atoms with E-state index in [0.717, 1.165) is 25.2 Å². The fourth-order valence-corrected chi connectivity index (χ4v) is 2.66. The average Bonchev–Trinajstić information content (AvgIpc) is 2.42. The zero-order valence-electron chi connectivity index (χ0n) is 12.5. The van der Waals surface area contributed by atoms with Gasteiger partial charge in [-0.3, -0.25) is 4.79 Å². The van der Waals surface area contributed by atoms with Gasteiger partial charge in [-0.05, 0) is 57.5 Å². The Morgan fingerprint density at radius 2 is 2.05 bits per heavy atom. The topological polar surface area (TPSA) is 58.4 Å². The van der Waals surface area contributed by atoms with Crippen molar-refractivity contribution < 1.29 is 4.79 Å². The lowest BCUT2D eigenvalue weighted by molar-refractivity contribution is 0.0925. The van der Waals surface area contributed by atoms with Crippen LogP contribution < -0.4 is 11.1 Å². The first kappa shape index (κ1) is 14.9. The number of hydrogen-bond donors (Lipinski definition) is 2. The van der Waals surface area contributed by atoms with Crippen LogP contribution in [0.5, 0.6) is 0 Å². The molecular formula is C16H25N3O. The van der Waals surface area contributed by atoms with Crippen LogP contribution in [0.25, 0.3) is 0 Å². The number of benzene rings is 1. The van der Waals surface area contributed by atoms with E-state index in [-0.39, 0.29) is 11.9 Å². The predicted molar refractivity (Wildman–Crippen MR) is 82.8 cm³/mol. The van der Waals surface area contributed by atoms with Crippen molar-refractivity contribution in [1.82, 2.24) is 10.2 Å². The summed E-state index contributed by atoms with van der Waals surface area (Å²) in [6.45, 7) is 7.22. The molecule has 0 spiro atoms. The molecule has 1 amide bonds. The Hall–Kier alpha value is -1.55. The fourth-order valence-electron chi connectivity index (χ4n) is 2.66. The van der Waals surface area contributed by atoms with E-state index in [1.165, 1.54) is 19.3 Å². The third kappa shape index (κ3) is 3.97. The summed E-state index contributed by atoms with van der Waals surface area (Å²) in [7, 11) is 0. The minimum Gasteiger partial charge on any atom is -0.398 e. The van der Waals surface area contributed by atoms with Gasteiger partial charge in [0.25, 0.3) is 5.91 Å². The van der Waals surface area contributed by atoms with Gasteiger partial charge < -0.3 is 16.0 Å². The summed E-state index contributed by atoms with van der Waals surface area (Å²) >= 11 is 0. The Morgan fingerprint density at radius 3 is 2.70 bits per heavy atom. The molecule has 0 saturated carbocycles. The zero-order chi connectivity index (χ0) is 14.5. The second-order valence-corrected chi connectivity index (χ2v) is 5.81. The number of nitrogens with zero attached hydrogens (tertiary/aromatic N) is 1. The standard InChI is InChI=1S/C16H25N3O/c1-12-6-7-14(10-15(12)17)16(20)18-13(2)11-19-8-4-3-5-9-19/h6-7,10,13H,3-5,8-9,11,17H2,1-2H3,(H,18,20). The molecule has 1 heterocycles. The monoisotopic (exact) mass is 275 g/mol. The third-order valence-corrected chi connectivity index (χ3v) is 3.90. The molecule has 1 atom stereocenters. The number of nitrogen functional groups attached to an aromatic ring is 1. The summed E-state index contributed by atoms with van der Waals surface area (Å²) in [5, 5.41) is 3.05. The summed E-state index contributed by atoms with van der Waals surface area (Å²) in [5.41, 5.74) is 8.16. The van der Waals surface area contributed by atoms with Crippen molar-refractivity contribution in [3.63, 3.8) is 0 Å². The van der Waals surface area contributed by atoms with Gasteiger partial charge >= 0.3 is 0 Å². The van der Waals surface area contributed by atoms with Gasteiger partial charge in [-0.15, -0.1) is 0 Å². The number of carbonyl (C=O) groups is 1. The summed E-state index contributed by atoms with van der Waals surface area (Å²) in [4.78, 5) is 14.6. The second-order valence-electron chi connectivity index (χ2n) is 5.81. The minimum absolute atomic E-state index is 0.0405. The van der Waals surface area contributed by atoms with Crippen LogP contribution in [0.3, 0.4) is 0 Å². The van der Waals surface area contributed by atoms with Crippen molar-refractivity contribution in [3.05, 3.63) is 29.3 Å². The van der Waals surface area contributed by atoms with E-state index >= 15 is 0 Å². The lowest BCUT2D eigenvalue weighted by Crippen LogP contribution is -2.43. The van der Waals surface area contributed by atoms with Gasteiger partial charge in [-0.25, -0.2) is 0 Å². The molecule has 1 aliphatic rings.